The van der Waals surface area contributed by atoms with Gasteiger partial charge in [-0.3, -0.25) is 9.59 Å². The van der Waals surface area contributed by atoms with Gasteiger partial charge in [0.2, 0.25) is 5.91 Å². The van der Waals surface area contributed by atoms with Crippen molar-refractivity contribution < 1.29 is 27.9 Å². The summed E-state index contributed by atoms with van der Waals surface area (Å²) in [6.45, 7) is 1.90. The average molecular weight is 365 g/mol. The van der Waals surface area contributed by atoms with E-state index >= 15 is 0 Å². The first-order chi connectivity index (χ1) is 12.1. The number of aryl methyl sites for hydroxylation is 1. The van der Waals surface area contributed by atoms with Crippen molar-refractivity contribution in [2.24, 2.45) is 5.92 Å². The number of amides is 1. The van der Waals surface area contributed by atoms with Crippen LogP contribution in [0.4, 0.5) is 18.9 Å². The third-order valence-electron chi connectivity index (χ3n) is 3.86. The smallest absolute Gasteiger partial charge is 0.416 e. The summed E-state index contributed by atoms with van der Waals surface area (Å²) in [6, 6.07) is 11.5. The molecule has 2 aromatic carbocycles. The van der Waals surface area contributed by atoms with Crippen molar-refractivity contribution in [3.05, 3.63) is 65.2 Å². The first-order valence-electron chi connectivity index (χ1n) is 7.90. The SMILES string of the molecule is Cc1ccc(C[C@@H](CC(=O)Nc2cccc(C(F)(F)F)c2)C(=O)O)cc1. The van der Waals surface area contributed by atoms with Crippen LogP contribution in [0.25, 0.3) is 0 Å². The average Bonchev–Trinajstić information content (AvgIpc) is 2.55. The van der Waals surface area contributed by atoms with Gasteiger partial charge in [0.15, 0.2) is 0 Å². The highest BCUT2D eigenvalue weighted by atomic mass is 19.4. The molecule has 0 unspecified atom stereocenters. The number of halogens is 3. The molecule has 2 rings (SSSR count). The summed E-state index contributed by atoms with van der Waals surface area (Å²) >= 11 is 0. The lowest BCUT2D eigenvalue weighted by molar-refractivity contribution is -0.143. The Kier molecular flexibility index (Phi) is 6.02. The standard InChI is InChI=1S/C19H18F3NO3/c1-12-5-7-13(8-6-12)9-14(18(25)26)10-17(24)23-16-4-2-3-15(11-16)19(20,21)22/h2-8,11,14H,9-10H2,1H3,(H,23,24)(H,25,26)/t14-/m0/s1. The van der Waals surface area contributed by atoms with Crippen molar-refractivity contribution in [2.45, 2.75) is 25.9 Å². The Bertz CT molecular complexity index is 785. The second kappa shape index (κ2) is 8.03. The molecule has 2 N–H and O–H groups in total. The number of alkyl halides is 3. The van der Waals surface area contributed by atoms with Gasteiger partial charge in [-0.1, -0.05) is 35.9 Å². The molecule has 0 heterocycles. The number of carboxylic acid groups (broad SMARTS) is 1. The van der Waals surface area contributed by atoms with Gasteiger partial charge in [0.25, 0.3) is 0 Å². The predicted molar refractivity (Wildman–Crippen MR) is 90.7 cm³/mol. The molecular weight excluding hydrogens is 347 g/mol. The van der Waals surface area contributed by atoms with Crippen LogP contribution in [0.1, 0.15) is 23.1 Å². The Morgan fingerprint density at radius 1 is 1.12 bits per heavy atom. The molecule has 0 aromatic heterocycles. The molecule has 1 amide bonds. The minimum absolute atomic E-state index is 0.0238. The summed E-state index contributed by atoms with van der Waals surface area (Å²) in [5.41, 5.74) is 0.895. The zero-order chi connectivity index (χ0) is 19.3. The number of hydrogen-bond acceptors (Lipinski definition) is 2. The van der Waals surface area contributed by atoms with Crippen LogP contribution in [-0.4, -0.2) is 17.0 Å². The van der Waals surface area contributed by atoms with Gasteiger partial charge in [0.1, 0.15) is 0 Å². The van der Waals surface area contributed by atoms with Crippen LogP contribution in [0.15, 0.2) is 48.5 Å². The van der Waals surface area contributed by atoms with E-state index in [9.17, 15) is 27.9 Å². The Labute approximate surface area is 148 Å². The number of carboxylic acids is 1. The molecule has 7 heteroatoms. The number of nitrogens with one attached hydrogen (secondary N) is 1. The first-order valence-corrected chi connectivity index (χ1v) is 7.90. The predicted octanol–water partition coefficient (Wildman–Crippen LogP) is 4.29. The minimum atomic E-state index is -4.52. The molecule has 2 aromatic rings. The van der Waals surface area contributed by atoms with E-state index in [1.165, 1.54) is 12.1 Å². The third-order valence-corrected chi connectivity index (χ3v) is 3.86. The van der Waals surface area contributed by atoms with E-state index in [1.807, 2.05) is 19.1 Å². The molecule has 0 aliphatic heterocycles. The molecule has 0 aliphatic carbocycles. The van der Waals surface area contributed by atoms with Gasteiger partial charge in [-0.25, -0.2) is 0 Å². The van der Waals surface area contributed by atoms with Crippen LogP contribution in [0.2, 0.25) is 0 Å². The molecule has 0 radical (unpaired) electrons. The normalized spacial score (nSPS) is 12.5. The van der Waals surface area contributed by atoms with Gasteiger partial charge in [0, 0.05) is 12.1 Å². The van der Waals surface area contributed by atoms with Gasteiger partial charge in [-0.15, -0.1) is 0 Å². The molecule has 0 fully saturated rings. The van der Waals surface area contributed by atoms with Gasteiger partial charge in [0.05, 0.1) is 11.5 Å². The van der Waals surface area contributed by atoms with Crippen molar-refractivity contribution in [1.29, 1.82) is 0 Å². The zero-order valence-corrected chi connectivity index (χ0v) is 14.0. The maximum Gasteiger partial charge on any atom is 0.416 e. The lowest BCUT2D eigenvalue weighted by Crippen LogP contribution is -2.24. The third kappa shape index (κ3) is 5.61. The summed E-state index contributed by atoms with van der Waals surface area (Å²) in [5.74, 6) is -2.75. The van der Waals surface area contributed by atoms with E-state index < -0.39 is 29.5 Å². The molecular formula is C19H18F3NO3. The molecule has 138 valence electrons. The summed E-state index contributed by atoms with van der Waals surface area (Å²) in [6.07, 6.45) is -4.69. The molecule has 0 spiro atoms. The second-order valence-corrected chi connectivity index (χ2v) is 6.06. The van der Waals surface area contributed by atoms with Crippen LogP contribution < -0.4 is 5.32 Å². The van der Waals surface area contributed by atoms with Crippen molar-refractivity contribution in [3.63, 3.8) is 0 Å². The molecule has 4 nitrogen and oxygen atoms in total. The minimum Gasteiger partial charge on any atom is -0.481 e. The van der Waals surface area contributed by atoms with E-state index in [0.717, 1.165) is 23.3 Å². The molecule has 0 saturated carbocycles. The van der Waals surface area contributed by atoms with Crippen LogP contribution in [0, 0.1) is 12.8 Å². The molecule has 0 saturated heterocycles. The number of aliphatic carboxylic acids is 1. The van der Waals surface area contributed by atoms with E-state index in [0.29, 0.717) is 0 Å². The molecule has 1 atom stereocenters. The van der Waals surface area contributed by atoms with Crippen molar-refractivity contribution in [1.82, 2.24) is 0 Å². The van der Waals surface area contributed by atoms with E-state index in [4.69, 9.17) is 0 Å². The van der Waals surface area contributed by atoms with Crippen LogP contribution >= 0.6 is 0 Å². The van der Waals surface area contributed by atoms with Crippen molar-refractivity contribution >= 4 is 17.6 Å². The fourth-order valence-electron chi connectivity index (χ4n) is 2.46. The fraction of sp³-hybridized carbons (Fsp3) is 0.263. The Morgan fingerprint density at radius 3 is 2.35 bits per heavy atom. The quantitative estimate of drug-likeness (QED) is 0.803. The summed E-state index contributed by atoms with van der Waals surface area (Å²) in [5, 5.41) is 11.7. The highest BCUT2D eigenvalue weighted by molar-refractivity contribution is 5.93. The van der Waals surface area contributed by atoms with Crippen molar-refractivity contribution in [3.8, 4) is 0 Å². The number of carbonyl (C=O) groups excluding carboxylic acids is 1. The van der Waals surface area contributed by atoms with Crippen LogP contribution in [-0.2, 0) is 22.2 Å². The number of benzene rings is 2. The highest BCUT2D eigenvalue weighted by Crippen LogP contribution is 2.30. The second-order valence-electron chi connectivity index (χ2n) is 6.06. The monoisotopic (exact) mass is 365 g/mol. The summed E-state index contributed by atoms with van der Waals surface area (Å²) in [4.78, 5) is 23.5. The zero-order valence-electron chi connectivity index (χ0n) is 14.0. The number of rotatable bonds is 6. The maximum absolute atomic E-state index is 12.7. The number of anilines is 1. The Morgan fingerprint density at radius 2 is 1.77 bits per heavy atom. The van der Waals surface area contributed by atoms with Crippen molar-refractivity contribution in [2.75, 3.05) is 5.32 Å². The van der Waals surface area contributed by atoms with Gasteiger partial charge in [-0.2, -0.15) is 13.2 Å². The van der Waals surface area contributed by atoms with Gasteiger partial charge < -0.3 is 10.4 Å². The van der Waals surface area contributed by atoms with E-state index in [-0.39, 0.29) is 18.5 Å². The summed E-state index contributed by atoms with van der Waals surface area (Å²) < 4.78 is 38.1. The maximum atomic E-state index is 12.7. The molecule has 0 aliphatic rings. The van der Waals surface area contributed by atoms with Gasteiger partial charge >= 0.3 is 12.1 Å². The largest absolute Gasteiger partial charge is 0.481 e. The number of carbonyl (C=O) groups is 2. The summed E-state index contributed by atoms with van der Waals surface area (Å²) in [7, 11) is 0. The first kappa shape index (κ1) is 19.5. The fourth-order valence-corrected chi connectivity index (χ4v) is 2.46. The highest BCUT2D eigenvalue weighted by Gasteiger charge is 2.30. The van der Waals surface area contributed by atoms with E-state index in [1.54, 1.807) is 12.1 Å². The lowest BCUT2D eigenvalue weighted by atomic mass is 9.95. The Balaban J connectivity index is 2.04. The molecule has 26 heavy (non-hydrogen) atoms. The van der Waals surface area contributed by atoms with E-state index in [2.05, 4.69) is 5.32 Å². The number of hydrogen-bond donors (Lipinski definition) is 2. The lowest BCUT2D eigenvalue weighted by Gasteiger charge is -2.14. The van der Waals surface area contributed by atoms with Gasteiger partial charge in [-0.05, 0) is 37.1 Å². The van der Waals surface area contributed by atoms with Crippen LogP contribution in [0.5, 0.6) is 0 Å². The molecule has 0 bridgehead atoms. The van der Waals surface area contributed by atoms with Crippen LogP contribution in [0.3, 0.4) is 0 Å². The topological polar surface area (TPSA) is 66.4 Å². The Hall–Kier alpha value is -2.83.